The predicted molar refractivity (Wildman–Crippen MR) is 89.0 cm³/mol. The molecule has 5 rings (SSSR count). The van der Waals surface area contributed by atoms with Gasteiger partial charge in [0.05, 0.1) is 6.04 Å². The molecule has 3 unspecified atom stereocenters. The molecule has 0 radical (unpaired) electrons. The molecule has 3 aliphatic heterocycles. The summed E-state index contributed by atoms with van der Waals surface area (Å²) in [5, 5.41) is 5.88. The van der Waals surface area contributed by atoms with E-state index in [0.717, 1.165) is 24.2 Å². The molecule has 25 heavy (non-hydrogen) atoms. The lowest BCUT2D eigenvalue weighted by molar-refractivity contribution is -0.137. The number of hydrogen-bond donors (Lipinski definition) is 2. The van der Waals surface area contributed by atoms with Crippen LogP contribution in [-0.4, -0.2) is 35.8 Å². The Kier molecular flexibility index (Phi) is 3.47. The number of nitrogens with zero attached hydrogens (tertiary/aromatic N) is 1. The van der Waals surface area contributed by atoms with Crippen molar-refractivity contribution in [2.75, 3.05) is 13.1 Å². The lowest BCUT2D eigenvalue weighted by Crippen LogP contribution is -2.52. The molecule has 0 aromatic heterocycles. The number of fused-ring (bicyclic) bond motifs is 3. The van der Waals surface area contributed by atoms with Crippen LogP contribution < -0.4 is 10.6 Å². The van der Waals surface area contributed by atoms with Crippen molar-refractivity contribution in [1.29, 1.82) is 0 Å². The molecule has 6 heteroatoms. The van der Waals surface area contributed by atoms with Crippen LogP contribution in [0.5, 0.6) is 0 Å². The molecule has 4 aliphatic rings. The van der Waals surface area contributed by atoms with Crippen LogP contribution in [0.25, 0.3) is 0 Å². The summed E-state index contributed by atoms with van der Waals surface area (Å²) in [5.41, 5.74) is 3.39. The number of piperidine rings is 3. The lowest BCUT2D eigenvalue weighted by Gasteiger charge is -2.50. The summed E-state index contributed by atoms with van der Waals surface area (Å²) in [7, 11) is 0. The van der Waals surface area contributed by atoms with Gasteiger partial charge in [-0.25, -0.2) is 4.39 Å². The lowest BCUT2D eigenvalue weighted by atomic mass is 9.59. The highest BCUT2D eigenvalue weighted by atomic mass is 19.1. The molecule has 1 aliphatic carbocycles. The van der Waals surface area contributed by atoms with Gasteiger partial charge in [-0.2, -0.15) is 0 Å². The summed E-state index contributed by atoms with van der Waals surface area (Å²) in [4.78, 5) is 25.7. The molecule has 0 spiro atoms. The van der Waals surface area contributed by atoms with Gasteiger partial charge >= 0.3 is 0 Å². The van der Waals surface area contributed by atoms with E-state index in [0.29, 0.717) is 43.7 Å². The second-order valence-electron chi connectivity index (χ2n) is 7.94. The zero-order valence-electron chi connectivity index (χ0n) is 14.1. The zero-order valence-corrected chi connectivity index (χ0v) is 14.1. The van der Waals surface area contributed by atoms with Crippen molar-refractivity contribution < 1.29 is 14.0 Å². The maximum atomic E-state index is 14.3. The Labute approximate surface area is 146 Å². The highest BCUT2D eigenvalue weighted by Crippen LogP contribution is 2.51. The highest BCUT2D eigenvalue weighted by Gasteiger charge is 2.46. The van der Waals surface area contributed by atoms with Gasteiger partial charge in [0.15, 0.2) is 0 Å². The topological polar surface area (TPSA) is 61.4 Å². The number of halogens is 1. The first-order valence-electron chi connectivity index (χ1n) is 9.20. The monoisotopic (exact) mass is 343 g/mol. The molecule has 2 saturated heterocycles. The number of rotatable bonds is 2. The highest BCUT2D eigenvalue weighted by molar-refractivity contribution is 6.00. The average Bonchev–Trinajstić information content (AvgIpc) is 2.99. The number of carbonyl (C=O) groups is 2. The van der Waals surface area contributed by atoms with Gasteiger partial charge in [0.2, 0.25) is 11.8 Å². The summed E-state index contributed by atoms with van der Waals surface area (Å²) in [5.74, 6) is 1.09. The summed E-state index contributed by atoms with van der Waals surface area (Å²) in [6.45, 7) is 3.31. The van der Waals surface area contributed by atoms with Crippen molar-refractivity contribution in [2.24, 2.45) is 11.8 Å². The quantitative estimate of drug-likeness (QED) is 0.794. The van der Waals surface area contributed by atoms with E-state index in [9.17, 15) is 14.0 Å². The van der Waals surface area contributed by atoms with Gasteiger partial charge in [-0.3, -0.25) is 19.8 Å². The zero-order chi connectivity index (χ0) is 17.1. The summed E-state index contributed by atoms with van der Waals surface area (Å²) < 4.78 is 14.3. The molecule has 3 heterocycles. The minimum Gasteiger partial charge on any atom is -0.316 e. The van der Waals surface area contributed by atoms with Crippen molar-refractivity contribution in [3.8, 4) is 0 Å². The summed E-state index contributed by atoms with van der Waals surface area (Å²) in [6, 6.07) is 3.06. The smallest absolute Gasteiger partial charge is 0.243 e. The minimum atomic E-state index is -0.288. The van der Waals surface area contributed by atoms with Gasteiger partial charge in [-0.1, -0.05) is 0 Å². The van der Waals surface area contributed by atoms with E-state index in [2.05, 4.69) is 15.5 Å². The first-order valence-corrected chi connectivity index (χ1v) is 9.20. The Bertz CT molecular complexity index is 751. The van der Waals surface area contributed by atoms with E-state index in [1.807, 2.05) is 0 Å². The maximum absolute atomic E-state index is 14.3. The fraction of sp³-hybridized carbons (Fsp3) is 0.579. The van der Waals surface area contributed by atoms with Gasteiger partial charge in [0.1, 0.15) is 5.82 Å². The van der Waals surface area contributed by atoms with Crippen molar-refractivity contribution in [2.45, 2.75) is 44.3 Å². The molecule has 3 fully saturated rings. The summed E-state index contributed by atoms with van der Waals surface area (Å²) in [6.07, 6.45) is 2.16. The fourth-order valence-corrected chi connectivity index (χ4v) is 5.33. The third-order valence-electron chi connectivity index (χ3n) is 6.52. The van der Waals surface area contributed by atoms with Crippen LogP contribution >= 0.6 is 0 Å². The standard InChI is InChI=1S/C19H22FN3O2/c20-13-4-12-8-23(16-1-2-17(24)22-19(16)25)9-15(12)14(5-13)18-10-3-11(18)7-21-6-10/h4-5,10-11,16,18,21H,1-3,6-9H2,(H,22,24,25). The molecule has 3 atom stereocenters. The molecule has 5 nitrogen and oxygen atoms in total. The molecule has 2 N–H and O–H groups in total. The van der Waals surface area contributed by atoms with E-state index in [1.165, 1.54) is 12.0 Å². The molecule has 1 aromatic rings. The Hall–Kier alpha value is -1.79. The third-order valence-corrected chi connectivity index (χ3v) is 6.52. The Morgan fingerprint density at radius 1 is 1.12 bits per heavy atom. The first-order chi connectivity index (χ1) is 12.1. The van der Waals surface area contributed by atoms with Crippen LogP contribution in [0.2, 0.25) is 0 Å². The van der Waals surface area contributed by atoms with Crippen LogP contribution in [0, 0.1) is 17.7 Å². The van der Waals surface area contributed by atoms with E-state index in [1.54, 1.807) is 12.1 Å². The predicted octanol–water partition coefficient (Wildman–Crippen LogP) is 1.27. The third kappa shape index (κ3) is 2.42. The van der Waals surface area contributed by atoms with E-state index < -0.39 is 0 Å². The second kappa shape index (κ2) is 5.61. The molecular weight excluding hydrogens is 321 g/mol. The van der Waals surface area contributed by atoms with Crippen LogP contribution in [-0.2, 0) is 22.7 Å². The minimum absolute atomic E-state index is 0.170. The van der Waals surface area contributed by atoms with Crippen LogP contribution in [0.1, 0.15) is 41.9 Å². The number of imide groups is 1. The Morgan fingerprint density at radius 3 is 2.64 bits per heavy atom. The normalized spacial score (nSPS) is 34.4. The van der Waals surface area contributed by atoms with E-state index in [-0.39, 0.29) is 23.7 Å². The molecule has 1 aromatic carbocycles. The van der Waals surface area contributed by atoms with Gasteiger partial charge in [-0.05, 0) is 72.5 Å². The molecule has 2 amide bonds. The van der Waals surface area contributed by atoms with Crippen molar-refractivity contribution >= 4 is 11.8 Å². The molecular formula is C19H22FN3O2. The Balaban J connectivity index is 1.44. The van der Waals surface area contributed by atoms with E-state index in [4.69, 9.17) is 0 Å². The number of hydrogen-bond acceptors (Lipinski definition) is 4. The average molecular weight is 343 g/mol. The fourth-order valence-electron chi connectivity index (χ4n) is 5.33. The number of nitrogens with one attached hydrogen (secondary N) is 2. The van der Waals surface area contributed by atoms with Crippen LogP contribution in [0.4, 0.5) is 4.39 Å². The first kappa shape index (κ1) is 15.5. The molecule has 132 valence electrons. The Morgan fingerprint density at radius 2 is 1.92 bits per heavy atom. The maximum Gasteiger partial charge on any atom is 0.243 e. The van der Waals surface area contributed by atoms with Gasteiger partial charge < -0.3 is 5.32 Å². The van der Waals surface area contributed by atoms with Gasteiger partial charge in [-0.15, -0.1) is 0 Å². The van der Waals surface area contributed by atoms with Crippen molar-refractivity contribution in [1.82, 2.24) is 15.5 Å². The molecule has 1 saturated carbocycles. The largest absolute Gasteiger partial charge is 0.316 e. The van der Waals surface area contributed by atoms with Gasteiger partial charge in [0, 0.05) is 19.5 Å². The SMILES string of the molecule is O=C1CCC(N2Cc3cc(F)cc(C4C5CNCC4C5)c3C2)C(=O)N1. The second-order valence-corrected chi connectivity index (χ2v) is 7.94. The van der Waals surface area contributed by atoms with E-state index >= 15 is 0 Å². The number of amides is 2. The number of benzene rings is 1. The van der Waals surface area contributed by atoms with Crippen molar-refractivity contribution in [3.05, 3.63) is 34.6 Å². The van der Waals surface area contributed by atoms with Crippen molar-refractivity contribution in [3.63, 3.8) is 0 Å². The van der Waals surface area contributed by atoms with Gasteiger partial charge in [0.25, 0.3) is 0 Å². The number of carbonyl (C=O) groups excluding carboxylic acids is 2. The van der Waals surface area contributed by atoms with Crippen LogP contribution in [0.15, 0.2) is 12.1 Å². The summed E-state index contributed by atoms with van der Waals surface area (Å²) >= 11 is 0. The van der Waals surface area contributed by atoms with Crippen LogP contribution in [0.3, 0.4) is 0 Å². The molecule has 2 bridgehead atoms.